The SMILES string of the molecule is Cc1ccc(-c2csc(NC(=O)Cn3ncc4ccccc4c3=O)n2)c(C)c1. The lowest BCUT2D eigenvalue weighted by atomic mass is 10.0. The van der Waals surface area contributed by atoms with Crippen LogP contribution in [0.5, 0.6) is 0 Å². The predicted octanol–water partition coefficient (Wildman–Crippen LogP) is 3.78. The molecule has 0 saturated carbocycles. The van der Waals surface area contributed by atoms with E-state index in [2.05, 4.69) is 21.5 Å². The highest BCUT2D eigenvalue weighted by atomic mass is 32.1. The number of rotatable bonds is 4. The molecule has 0 aliphatic rings. The summed E-state index contributed by atoms with van der Waals surface area (Å²) in [6.07, 6.45) is 1.59. The Morgan fingerprint density at radius 2 is 2.00 bits per heavy atom. The lowest BCUT2D eigenvalue weighted by Crippen LogP contribution is -2.29. The van der Waals surface area contributed by atoms with E-state index in [-0.39, 0.29) is 18.0 Å². The van der Waals surface area contributed by atoms with Crippen LogP contribution in [0.2, 0.25) is 0 Å². The number of hydrogen-bond acceptors (Lipinski definition) is 5. The van der Waals surface area contributed by atoms with Crippen molar-refractivity contribution in [2.24, 2.45) is 0 Å². The summed E-state index contributed by atoms with van der Waals surface area (Å²) in [6.45, 7) is 3.92. The summed E-state index contributed by atoms with van der Waals surface area (Å²) < 4.78 is 1.16. The maximum Gasteiger partial charge on any atom is 0.275 e. The number of aryl methyl sites for hydroxylation is 2. The fraction of sp³-hybridized carbons (Fsp3) is 0.143. The van der Waals surface area contributed by atoms with E-state index >= 15 is 0 Å². The van der Waals surface area contributed by atoms with E-state index in [9.17, 15) is 9.59 Å². The third-order valence-electron chi connectivity index (χ3n) is 4.46. The highest BCUT2D eigenvalue weighted by Gasteiger charge is 2.12. The van der Waals surface area contributed by atoms with Gasteiger partial charge in [-0.1, -0.05) is 42.0 Å². The second kappa shape index (κ2) is 7.36. The number of fused-ring (bicyclic) bond motifs is 1. The fourth-order valence-corrected chi connectivity index (χ4v) is 3.82. The molecule has 1 amide bonds. The molecule has 0 spiro atoms. The molecule has 0 aliphatic heterocycles. The highest BCUT2D eigenvalue weighted by Crippen LogP contribution is 2.27. The van der Waals surface area contributed by atoms with Gasteiger partial charge in [-0.25, -0.2) is 9.67 Å². The number of nitrogens with one attached hydrogen (secondary N) is 1. The first-order chi connectivity index (χ1) is 13.5. The fourth-order valence-electron chi connectivity index (χ4n) is 3.09. The molecular formula is C21H18N4O2S. The number of aromatic nitrogens is 3. The lowest BCUT2D eigenvalue weighted by Gasteiger charge is -2.06. The Morgan fingerprint density at radius 3 is 2.82 bits per heavy atom. The summed E-state index contributed by atoms with van der Waals surface area (Å²) in [5.74, 6) is -0.341. The molecule has 4 aromatic rings. The van der Waals surface area contributed by atoms with Gasteiger partial charge in [-0.2, -0.15) is 5.10 Å². The quantitative estimate of drug-likeness (QED) is 0.575. The van der Waals surface area contributed by atoms with Crippen LogP contribution in [0.1, 0.15) is 11.1 Å². The Morgan fingerprint density at radius 1 is 1.18 bits per heavy atom. The molecule has 0 unspecified atom stereocenters. The number of nitrogens with zero attached hydrogens (tertiary/aromatic N) is 3. The Labute approximate surface area is 165 Å². The Hall–Kier alpha value is -3.32. The first-order valence-electron chi connectivity index (χ1n) is 8.79. The minimum Gasteiger partial charge on any atom is -0.300 e. The van der Waals surface area contributed by atoms with Crippen molar-refractivity contribution < 1.29 is 4.79 Å². The summed E-state index contributed by atoms with van der Waals surface area (Å²) >= 11 is 1.35. The van der Waals surface area contributed by atoms with Crippen molar-refractivity contribution in [3.63, 3.8) is 0 Å². The second-order valence-electron chi connectivity index (χ2n) is 6.60. The zero-order chi connectivity index (χ0) is 19.7. The zero-order valence-electron chi connectivity index (χ0n) is 15.5. The maximum atomic E-state index is 12.5. The largest absolute Gasteiger partial charge is 0.300 e. The number of carbonyl (C=O) groups excluding carboxylic acids is 1. The molecule has 0 aliphatic carbocycles. The van der Waals surface area contributed by atoms with Gasteiger partial charge in [0.25, 0.3) is 5.56 Å². The molecule has 2 heterocycles. The van der Waals surface area contributed by atoms with Crippen LogP contribution in [0.15, 0.2) is 58.8 Å². The molecule has 4 rings (SSSR count). The van der Waals surface area contributed by atoms with Crippen molar-refractivity contribution in [1.82, 2.24) is 14.8 Å². The minimum absolute atomic E-state index is 0.165. The molecule has 1 N–H and O–H groups in total. The Balaban J connectivity index is 1.51. The average molecular weight is 390 g/mol. The molecule has 2 aromatic heterocycles. The molecule has 0 radical (unpaired) electrons. The van der Waals surface area contributed by atoms with Gasteiger partial charge in [0.1, 0.15) is 6.54 Å². The van der Waals surface area contributed by atoms with Crippen molar-refractivity contribution in [2.45, 2.75) is 20.4 Å². The van der Waals surface area contributed by atoms with Crippen LogP contribution in [0.25, 0.3) is 22.0 Å². The monoisotopic (exact) mass is 390 g/mol. The van der Waals surface area contributed by atoms with E-state index in [0.29, 0.717) is 10.5 Å². The van der Waals surface area contributed by atoms with E-state index < -0.39 is 0 Å². The summed E-state index contributed by atoms with van der Waals surface area (Å²) in [4.78, 5) is 29.4. The number of amides is 1. The second-order valence-corrected chi connectivity index (χ2v) is 7.46. The predicted molar refractivity (Wildman–Crippen MR) is 112 cm³/mol. The topological polar surface area (TPSA) is 76.9 Å². The molecule has 6 nitrogen and oxygen atoms in total. The van der Waals surface area contributed by atoms with Gasteiger partial charge < -0.3 is 5.32 Å². The van der Waals surface area contributed by atoms with Crippen LogP contribution in [0, 0.1) is 13.8 Å². The lowest BCUT2D eigenvalue weighted by molar-refractivity contribution is -0.117. The average Bonchev–Trinajstić information content (AvgIpc) is 3.12. The first kappa shape index (κ1) is 18.1. The number of carbonyl (C=O) groups is 1. The Bertz CT molecular complexity index is 1240. The number of hydrogen-bond donors (Lipinski definition) is 1. The third kappa shape index (κ3) is 3.57. The summed E-state index contributed by atoms with van der Waals surface area (Å²) in [5, 5.41) is 10.5. The van der Waals surface area contributed by atoms with Crippen molar-refractivity contribution >= 4 is 33.1 Å². The molecular weight excluding hydrogens is 372 g/mol. The number of anilines is 1. The molecule has 0 bridgehead atoms. The first-order valence-corrected chi connectivity index (χ1v) is 9.67. The summed E-state index contributed by atoms with van der Waals surface area (Å²) in [7, 11) is 0. The van der Waals surface area contributed by atoms with Crippen molar-refractivity contribution in [2.75, 3.05) is 5.32 Å². The van der Waals surface area contributed by atoms with E-state index in [0.717, 1.165) is 26.9 Å². The standard InChI is InChI=1S/C21H18N4O2S/c1-13-7-8-16(14(2)9-13)18-12-28-21(23-18)24-19(26)11-25-20(27)17-6-4-3-5-15(17)10-22-25/h3-10,12H,11H2,1-2H3,(H,23,24,26). The van der Waals surface area contributed by atoms with Crippen LogP contribution in [-0.4, -0.2) is 20.7 Å². The zero-order valence-corrected chi connectivity index (χ0v) is 16.3. The normalized spacial score (nSPS) is 10.9. The van der Waals surface area contributed by atoms with Gasteiger partial charge >= 0.3 is 0 Å². The molecule has 0 saturated heterocycles. The molecule has 2 aromatic carbocycles. The van der Waals surface area contributed by atoms with Gasteiger partial charge in [0.15, 0.2) is 5.13 Å². The third-order valence-corrected chi connectivity index (χ3v) is 5.22. The van der Waals surface area contributed by atoms with E-state index in [1.165, 1.54) is 16.9 Å². The van der Waals surface area contributed by atoms with Crippen molar-refractivity contribution in [1.29, 1.82) is 0 Å². The van der Waals surface area contributed by atoms with E-state index in [1.807, 2.05) is 43.5 Å². The Kier molecular flexibility index (Phi) is 4.75. The summed E-state index contributed by atoms with van der Waals surface area (Å²) in [6, 6.07) is 13.4. The van der Waals surface area contributed by atoms with E-state index in [4.69, 9.17) is 0 Å². The van der Waals surface area contributed by atoms with Gasteiger partial charge in [0.2, 0.25) is 5.91 Å². The van der Waals surface area contributed by atoms with Crippen molar-refractivity contribution in [3.05, 3.63) is 75.5 Å². The van der Waals surface area contributed by atoms with Crippen LogP contribution >= 0.6 is 11.3 Å². The van der Waals surface area contributed by atoms with Gasteiger partial charge in [-0.15, -0.1) is 11.3 Å². The smallest absolute Gasteiger partial charge is 0.275 e. The van der Waals surface area contributed by atoms with Gasteiger partial charge in [-0.3, -0.25) is 9.59 Å². The van der Waals surface area contributed by atoms with E-state index in [1.54, 1.807) is 18.3 Å². The summed E-state index contributed by atoms with van der Waals surface area (Å²) in [5.41, 5.74) is 3.89. The number of benzene rings is 2. The van der Waals surface area contributed by atoms with Gasteiger partial charge in [-0.05, 0) is 25.5 Å². The maximum absolute atomic E-state index is 12.5. The van der Waals surface area contributed by atoms with Crippen LogP contribution < -0.4 is 10.9 Å². The minimum atomic E-state index is -0.341. The molecule has 28 heavy (non-hydrogen) atoms. The molecule has 0 fully saturated rings. The van der Waals surface area contributed by atoms with Crippen LogP contribution in [0.3, 0.4) is 0 Å². The molecule has 0 atom stereocenters. The van der Waals surface area contributed by atoms with Crippen LogP contribution in [0.4, 0.5) is 5.13 Å². The molecule has 140 valence electrons. The van der Waals surface area contributed by atoms with Gasteiger partial charge in [0, 0.05) is 16.3 Å². The van der Waals surface area contributed by atoms with Gasteiger partial charge in [0.05, 0.1) is 17.3 Å². The van der Waals surface area contributed by atoms with Crippen molar-refractivity contribution in [3.8, 4) is 11.3 Å². The molecule has 7 heteroatoms. The van der Waals surface area contributed by atoms with Crippen LogP contribution in [-0.2, 0) is 11.3 Å². The number of thiazole rings is 1. The highest BCUT2D eigenvalue weighted by molar-refractivity contribution is 7.14.